The summed E-state index contributed by atoms with van der Waals surface area (Å²) < 4.78 is 6.51. The van der Waals surface area contributed by atoms with Crippen LogP contribution in [0.25, 0.3) is 32.6 Å². The highest BCUT2D eigenvalue weighted by Gasteiger charge is 2.17. The van der Waals surface area contributed by atoms with Gasteiger partial charge < -0.3 is 10.1 Å². The van der Waals surface area contributed by atoms with Gasteiger partial charge in [0, 0.05) is 23.3 Å². The van der Waals surface area contributed by atoms with Crippen LogP contribution in [0.15, 0.2) is 83.9 Å². The van der Waals surface area contributed by atoms with Crippen molar-refractivity contribution >= 4 is 44.4 Å². The number of nitrogens with one attached hydrogen (secondary N) is 1. The van der Waals surface area contributed by atoms with E-state index in [1.807, 2.05) is 92.7 Å². The third-order valence-electron chi connectivity index (χ3n) is 6.02. The summed E-state index contributed by atoms with van der Waals surface area (Å²) in [6.07, 6.45) is 0.257. The van der Waals surface area contributed by atoms with Gasteiger partial charge >= 0.3 is 0 Å². The van der Waals surface area contributed by atoms with Gasteiger partial charge in [0.15, 0.2) is 5.13 Å². The van der Waals surface area contributed by atoms with Crippen LogP contribution in [0.4, 0.5) is 5.13 Å². The second-order valence-electron chi connectivity index (χ2n) is 8.81. The van der Waals surface area contributed by atoms with E-state index in [9.17, 15) is 10.1 Å². The minimum absolute atomic E-state index is 0.136. The Kier molecular flexibility index (Phi) is 8.21. The fourth-order valence-electron chi connectivity index (χ4n) is 4.09. The van der Waals surface area contributed by atoms with E-state index in [1.54, 1.807) is 0 Å². The van der Waals surface area contributed by atoms with Gasteiger partial charge in [-0.15, -0.1) is 11.8 Å². The molecule has 5 aromatic rings. The van der Waals surface area contributed by atoms with Gasteiger partial charge in [-0.2, -0.15) is 5.26 Å². The lowest BCUT2D eigenvalue weighted by molar-refractivity contribution is -0.115. The minimum atomic E-state index is -0.136. The lowest BCUT2D eigenvalue weighted by Gasteiger charge is -2.13. The summed E-state index contributed by atoms with van der Waals surface area (Å²) >= 11 is 2.83. The molecule has 2 aromatic heterocycles. The van der Waals surface area contributed by atoms with Gasteiger partial charge in [-0.25, -0.2) is 9.97 Å². The van der Waals surface area contributed by atoms with Crippen molar-refractivity contribution in [2.45, 2.75) is 25.3 Å². The third kappa shape index (κ3) is 6.28. The Morgan fingerprint density at radius 3 is 2.56 bits per heavy atom. The van der Waals surface area contributed by atoms with Crippen LogP contribution in [-0.4, -0.2) is 28.2 Å². The summed E-state index contributed by atoms with van der Waals surface area (Å²) in [4.78, 5) is 22.1. The van der Waals surface area contributed by atoms with Gasteiger partial charge in [0.1, 0.15) is 16.8 Å². The molecule has 0 bridgehead atoms. The summed E-state index contributed by atoms with van der Waals surface area (Å²) in [6, 6.07) is 28.1. The van der Waals surface area contributed by atoms with Gasteiger partial charge in [-0.05, 0) is 43.7 Å². The standard InChI is InChI=1S/C31H26N4O2S2/c1-3-37-23-13-14-26-28(17-23)39-31(34-26)35-29(36)15-16-38-30-25(19-32)24(21-11-9-20(2)10-12-21)18-27(33-30)22-7-5-4-6-8-22/h4-14,17-18H,3,15-16H2,1-2H3,(H,34,35,36). The predicted molar refractivity (Wildman–Crippen MR) is 159 cm³/mol. The van der Waals surface area contributed by atoms with E-state index in [0.717, 1.165) is 43.9 Å². The molecule has 6 nitrogen and oxygen atoms in total. The lowest BCUT2D eigenvalue weighted by Crippen LogP contribution is -2.12. The third-order valence-corrected chi connectivity index (χ3v) is 7.93. The second kappa shape index (κ2) is 12.1. The Balaban J connectivity index is 1.34. The number of benzene rings is 3. The zero-order valence-electron chi connectivity index (χ0n) is 21.6. The highest BCUT2D eigenvalue weighted by molar-refractivity contribution is 7.99. The van der Waals surface area contributed by atoms with Crippen LogP contribution in [0.3, 0.4) is 0 Å². The number of aromatic nitrogens is 2. The van der Waals surface area contributed by atoms with E-state index in [2.05, 4.69) is 16.4 Å². The number of hydrogen-bond donors (Lipinski definition) is 1. The zero-order valence-corrected chi connectivity index (χ0v) is 23.2. The van der Waals surface area contributed by atoms with E-state index in [1.165, 1.54) is 23.1 Å². The van der Waals surface area contributed by atoms with E-state index in [4.69, 9.17) is 9.72 Å². The molecule has 1 N–H and O–H groups in total. The minimum Gasteiger partial charge on any atom is -0.494 e. The molecule has 0 atom stereocenters. The molecule has 0 saturated carbocycles. The Labute approximate surface area is 235 Å². The molecule has 0 aliphatic rings. The van der Waals surface area contributed by atoms with E-state index in [-0.39, 0.29) is 12.3 Å². The van der Waals surface area contributed by atoms with Crippen molar-refractivity contribution in [2.24, 2.45) is 0 Å². The number of thioether (sulfide) groups is 1. The van der Waals surface area contributed by atoms with Crippen LogP contribution in [0.1, 0.15) is 24.5 Å². The number of anilines is 1. The molecule has 0 aliphatic carbocycles. The largest absolute Gasteiger partial charge is 0.494 e. The highest BCUT2D eigenvalue weighted by atomic mass is 32.2. The molecule has 0 fully saturated rings. The van der Waals surface area contributed by atoms with Crippen molar-refractivity contribution in [3.63, 3.8) is 0 Å². The van der Waals surface area contributed by atoms with Crippen LogP contribution in [0.2, 0.25) is 0 Å². The van der Waals surface area contributed by atoms with E-state index < -0.39 is 0 Å². The molecule has 39 heavy (non-hydrogen) atoms. The first-order valence-electron chi connectivity index (χ1n) is 12.6. The summed E-state index contributed by atoms with van der Waals surface area (Å²) in [7, 11) is 0. The molecule has 0 spiro atoms. The number of thiazole rings is 1. The van der Waals surface area contributed by atoms with Crippen LogP contribution in [-0.2, 0) is 4.79 Å². The van der Waals surface area contributed by atoms with Crippen LogP contribution in [0, 0.1) is 18.3 Å². The van der Waals surface area contributed by atoms with Crippen LogP contribution in [0.5, 0.6) is 5.75 Å². The molecule has 3 aromatic carbocycles. The first kappa shape index (κ1) is 26.4. The Morgan fingerprint density at radius 1 is 1.03 bits per heavy atom. The predicted octanol–water partition coefficient (Wildman–Crippen LogP) is 7.73. The molecule has 0 radical (unpaired) electrons. The molecular weight excluding hydrogens is 525 g/mol. The Hall–Kier alpha value is -4.19. The maximum atomic E-state index is 12.7. The van der Waals surface area contributed by atoms with Gasteiger partial charge in [-0.1, -0.05) is 71.5 Å². The lowest BCUT2D eigenvalue weighted by atomic mass is 9.98. The average Bonchev–Trinajstić information content (AvgIpc) is 3.35. The van der Waals surface area contributed by atoms with Crippen molar-refractivity contribution < 1.29 is 9.53 Å². The summed E-state index contributed by atoms with van der Waals surface area (Å²) in [5.74, 6) is 1.12. The van der Waals surface area contributed by atoms with Crippen LogP contribution < -0.4 is 10.1 Å². The molecule has 0 unspecified atom stereocenters. The Morgan fingerprint density at radius 2 is 1.82 bits per heavy atom. The quantitative estimate of drug-likeness (QED) is 0.189. The van der Waals surface area contributed by atoms with E-state index in [0.29, 0.717) is 28.1 Å². The normalized spacial score (nSPS) is 10.8. The van der Waals surface area contributed by atoms with E-state index >= 15 is 0 Å². The van der Waals surface area contributed by atoms with Gasteiger partial charge in [0.2, 0.25) is 5.91 Å². The molecule has 5 rings (SSSR count). The zero-order chi connectivity index (χ0) is 27.2. The van der Waals surface area contributed by atoms with Crippen molar-refractivity contribution in [3.05, 3.63) is 90.0 Å². The molecular formula is C31H26N4O2S2. The molecule has 1 amide bonds. The maximum Gasteiger partial charge on any atom is 0.226 e. The summed E-state index contributed by atoms with van der Waals surface area (Å²) in [5.41, 5.74) is 6.03. The number of pyridine rings is 1. The number of fused-ring (bicyclic) bond motifs is 1. The molecule has 0 saturated heterocycles. The van der Waals surface area contributed by atoms with Crippen molar-refractivity contribution in [2.75, 3.05) is 17.7 Å². The highest BCUT2D eigenvalue weighted by Crippen LogP contribution is 2.35. The topological polar surface area (TPSA) is 87.9 Å². The first-order valence-corrected chi connectivity index (χ1v) is 14.4. The summed E-state index contributed by atoms with van der Waals surface area (Å²) in [6.45, 7) is 4.57. The number of ether oxygens (including phenoxy) is 1. The smallest absolute Gasteiger partial charge is 0.226 e. The number of hydrogen-bond acceptors (Lipinski definition) is 7. The van der Waals surface area contributed by atoms with Crippen molar-refractivity contribution in [3.8, 4) is 34.2 Å². The first-order chi connectivity index (χ1) is 19.0. The maximum absolute atomic E-state index is 12.7. The SMILES string of the molecule is CCOc1ccc2nc(NC(=O)CCSc3nc(-c4ccccc4)cc(-c4ccc(C)cc4)c3C#N)sc2c1. The molecule has 2 heterocycles. The van der Waals surface area contributed by atoms with Crippen LogP contribution >= 0.6 is 23.1 Å². The number of aryl methyl sites for hydroxylation is 1. The number of nitrogens with zero attached hydrogens (tertiary/aromatic N) is 3. The average molecular weight is 551 g/mol. The number of rotatable bonds is 9. The van der Waals surface area contributed by atoms with Gasteiger partial charge in [0.25, 0.3) is 0 Å². The summed E-state index contributed by atoms with van der Waals surface area (Å²) in [5, 5.41) is 14.2. The van der Waals surface area contributed by atoms with Crippen molar-refractivity contribution in [1.29, 1.82) is 5.26 Å². The van der Waals surface area contributed by atoms with Gasteiger partial charge in [0.05, 0.1) is 28.1 Å². The van der Waals surface area contributed by atoms with Crippen molar-refractivity contribution in [1.82, 2.24) is 9.97 Å². The fraction of sp³-hybridized carbons (Fsp3) is 0.161. The number of carbonyl (C=O) groups excluding carboxylic acids is 1. The van der Waals surface area contributed by atoms with Gasteiger partial charge in [-0.3, -0.25) is 4.79 Å². The fourth-order valence-corrected chi connectivity index (χ4v) is 5.94. The molecule has 194 valence electrons. The number of amides is 1. The monoisotopic (exact) mass is 550 g/mol. The molecule has 8 heteroatoms. The number of nitriles is 1. The molecule has 0 aliphatic heterocycles. The Bertz CT molecular complexity index is 1660. The number of carbonyl (C=O) groups is 1. The second-order valence-corrected chi connectivity index (χ2v) is 10.9.